The predicted octanol–water partition coefficient (Wildman–Crippen LogP) is 3.49. The topological polar surface area (TPSA) is 33.1 Å². The normalized spacial score (nSPS) is 10.5. The third-order valence-electron chi connectivity index (χ3n) is 1.74. The van der Waals surface area contributed by atoms with E-state index in [0.29, 0.717) is 0 Å². The molecule has 90 valence electrons. The Morgan fingerprint density at radius 1 is 1.38 bits per heavy atom. The first-order valence-corrected chi connectivity index (χ1v) is 4.34. The molecule has 0 fully saturated rings. The molecule has 0 aliphatic carbocycles. The van der Waals surface area contributed by atoms with Crippen LogP contribution in [0.25, 0.3) is 0 Å². The van der Waals surface area contributed by atoms with Gasteiger partial charge < -0.3 is 4.74 Å². The molecule has 2 nitrogen and oxygen atoms in total. The van der Waals surface area contributed by atoms with Crippen molar-refractivity contribution in [3.8, 4) is 0 Å². The standard InChI is InChI=1S/C10H10F3NO.ClH/c1-2-15-9(14)7-4-3-5-8(6-7)10(11,12)13;/h3-6,14H,2H2,1H3;1H. The number of ether oxygens (including phenoxy) is 1. The quantitative estimate of drug-likeness (QED) is 0.635. The third-order valence-corrected chi connectivity index (χ3v) is 1.74. The van der Waals surface area contributed by atoms with Crippen LogP contribution in [0.5, 0.6) is 0 Å². The molecule has 0 spiro atoms. The van der Waals surface area contributed by atoms with Crippen LogP contribution < -0.4 is 0 Å². The molecule has 0 bridgehead atoms. The Morgan fingerprint density at radius 2 is 2.00 bits per heavy atom. The molecular weight excluding hydrogens is 243 g/mol. The fourth-order valence-electron chi connectivity index (χ4n) is 1.06. The smallest absolute Gasteiger partial charge is 0.416 e. The van der Waals surface area contributed by atoms with Crippen LogP contribution in [0.2, 0.25) is 0 Å². The monoisotopic (exact) mass is 253 g/mol. The van der Waals surface area contributed by atoms with Crippen LogP contribution in [0.3, 0.4) is 0 Å². The predicted molar refractivity (Wildman–Crippen MR) is 57.1 cm³/mol. The number of alkyl halides is 3. The second-order valence-corrected chi connectivity index (χ2v) is 2.84. The van der Waals surface area contributed by atoms with Crippen molar-refractivity contribution in [2.24, 2.45) is 0 Å². The minimum Gasteiger partial charge on any atom is -0.478 e. The molecular formula is C10H11ClF3NO. The lowest BCUT2D eigenvalue weighted by Gasteiger charge is -2.09. The maximum absolute atomic E-state index is 12.3. The van der Waals surface area contributed by atoms with E-state index in [1.165, 1.54) is 12.1 Å². The molecule has 0 atom stereocenters. The van der Waals surface area contributed by atoms with Crippen molar-refractivity contribution < 1.29 is 17.9 Å². The van der Waals surface area contributed by atoms with Gasteiger partial charge in [-0.1, -0.05) is 6.07 Å². The van der Waals surface area contributed by atoms with Crippen molar-refractivity contribution in [2.75, 3.05) is 6.61 Å². The van der Waals surface area contributed by atoms with Gasteiger partial charge in [0.2, 0.25) is 5.90 Å². The van der Waals surface area contributed by atoms with Gasteiger partial charge in [0.15, 0.2) is 0 Å². The highest BCUT2D eigenvalue weighted by Gasteiger charge is 2.30. The summed E-state index contributed by atoms with van der Waals surface area (Å²) in [5.41, 5.74) is -0.642. The first-order valence-electron chi connectivity index (χ1n) is 4.34. The van der Waals surface area contributed by atoms with Crippen molar-refractivity contribution in [1.29, 1.82) is 5.41 Å². The highest BCUT2D eigenvalue weighted by molar-refractivity contribution is 5.91. The molecule has 0 radical (unpaired) electrons. The zero-order valence-electron chi connectivity index (χ0n) is 8.47. The maximum atomic E-state index is 12.3. The summed E-state index contributed by atoms with van der Waals surface area (Å²) in [6, 6.07) is 4.53. The summed E-state index contributed by atoms with van der Waals surface area (Å²) in [6.45, 7) is 1.93. The summed E-state index contributed by atoms with van der Waals surface area (Å²) in [5.74, 6) is -0.247. The molecule has 1 N–H and O–H groups in total. The highest BCUT2D eigenvalue weighted by atomic mass is 35.5. The summed E-state index contributed by atoms with van der Waals surface area (Å²) in [4.78, 5) is 0. The van der Waals surface area contributed by atoms with Crippen LogP contribution >= 0.6 is 12.4 Å². The van der Waals surface area contributed by atoms with Crippen molar-refractivity contribution in [3.05, 3.63) is 35.4 Å². The number of benzene rings is 1. The Balaban J connectivity index is 0.00000225. The number of halogens is 4. The number of hydrogen-bond donors (Lipinski definition) is 1. The Morgan fingerprint density at radius 3 is 2.50 bits per heavy atom. The zero-order chi connectivity index (χ0) is 11.5. The van der Waals surface area contributed by atoms with Gasteiger partial charge in [-0.3, -0.25) is 5.41 Å². The molecule has 0 saturated heterocycles. The Kier molecular flexibility index (Phi) is 5.30. The Bertz CT molecular complexity index is 365. The molecule has 0 aromatic heterocycles. The summed E-state index contributed by atoms with van der Waals surface area (Å²) in [7, 11) is 0. The van der Waals surface area contributed by atoms with Gasteiger partial charge in [-0.15, -0.1) is 12.4 Å². The van der Waals surface area contributed by atoms with E-state index < -0.39 is 11.7 Å². The number of nitrogens with one attached hydrogen (secondary N) is 1. The molecule has 0 unspecified atom stereocenters. The van der Waals surface area contributed by atoms with Gasteiger partial charge in [0.1, 0.15) is 0 Å². The van der Waals surface area contributed by atoms with E-state index in [2.05, 4.69) is 0 Å². The third kappa shape index (κ3) is 3.73. The Labute approximate surface area is 97.3 Å². The number of rotatable bonds is 2. The molecule has 0 aliphatic heterocycles. The lowest BCUT2D eigenvalue weighted by atomic mass is 10.1. The Hall–Kier alpha value is -1.23. The van der Waals surface area contributed by atoms with Crippen molar-refractivity contribution in [3.63, 3.8) is 0 Å². The summed E-state index contributed by atoms with van der Waals surface area (Å²) >= 11 is 0. The van der Waals surface area contributed by atoms with Crippen LogP contribution in [-0.4, -0.2) is 12.5 Å². The second kappa shape index (κ2) is 5.75. The minimum atomic E-state index is -4.39. The van der Waals surface area contributed by atoms with Gasteiger partial charge >= 0.3 is 6.18 Å². The molecule has 16 heavy (non-hydrogen) atoms. The van der Waals surface area contributed by atoms with E-state index in [0.717, 1.165) is 12.1 Å². The maximum Gasteiger partial charge on any atom is 0.416 e. The SMILES string of the molecule is CCOC(=N)c1cccc(C(F)(F)F)c1.Cl. The van der Waals surface area contributed by atoms with Crippen LogP contribution in [0.4, 0.5) is 13.2 Å². The average molecular weight is 254 g/mol. The molecule has 1 aromatic carbocycles. The van der Waals surface area contributed by atoms with E-state index in [1.54, 1.807) is 6.92 Å². The largest absolute Gasteiger partial charge is 0.478 e. The van der Waals surface area contributed by atoms with Gasteiger partial charge in [0.05, 0.1) is 12.2 Å². The summed E-state index contributed by atoms with van der Waals surface area (Å²) in [6.07, 6.45) is -4.39. The van der Waals surface area contributed by atoms with Gasteiger partial charge in [-0.05, 0) is 25.1 Å². The van der Waals surface area contributed by atoms with E-state index in [1.807, 2.05) is 0 Å². The molecule has 1 rings (SSSR count). The van der Waals surface area contributed by atoms with Crippen LogP contribution in [0.15, 0.2) is 24.3 Å². The van der Waals surface area contributed by atoms with Gasteiger partial charge in [0.25, 0.3) is 0 Å². The lowest BCUT2D eigenvalue weighted by Crippen LogP contribution is -2.09. The molecule has 0 amide bonds. The van der Waals surface area contributed by atoms with E-state index >= 15 is 0 Å². The summed E-state index contributed by atoms with van der Waals surface area (Å²) < 4.78 is 41.7. The fourth-order valence-corrected chi connectivity index (χ4v) is 1.06. The van der Waals surface area contributed by atoms with Gasteiger partial charge in [-0.2, -0.15) is 13.2 Å². The van der Waals surface area contributed by atoms with Gasteiger partial charge in [-0.25, -0.2) is 0 Å². The van der Waals surface area contributed by atoms with Crippen molar-refractivity contribution >= 4 is 18.3 Å². The first-order chi connectivity index (χ1) is 6.95. The highest BCUT2D eigenvalue weighted by Crippen LogP contribution is 2.29. The molecule has 0 aliphatic rings. The summed E-state index contributed by atoms with van der Waals surface area (Å²) in [5, 5.41) is 7.34. The van der Waals surface area contributed by atoms with Crippen LogP contribution in [0, 0.1) is 5.41 Å². The van der Waals surface area contributed by atoms with Gasteiger partial charge in [0, 0.05) is 5.56 Å². The van der Waals surface area contributed by atoms with E-state index in [-0.39, 0.29) is 30.5 Å². The molecule has 1 aromatic rings. The van der Waals surface area contributed by atoms with Crippen molar-refractivity contribution in [2.45, 2.75) is 13.1 Å². The first kappa shape index (κ1) is 14.8. The van der Waals surface area contributed by atoms with Crippen LogP contribution in [-0.2, 0) is 10.9 Å². The second-order valence-electron chi connectivity index (χ2n) is 2.84. The zero-order valence-corrected chi connectivity index (χ0v) is 9.28. The molecule has 0 heterocycles. The fraction of sp³-hybridized carbons (Fsp3) is 0.300. The van der Waals surface area contributed by atoms with Crippen LogP contribution in [0.1, 0.15) is 18.1 Å². The number of hydrogen-bond acceptors (Lipinski definition) is 2. The molecule has 6 heteroatoms. The lowest BCUT2D eigenvalue weighted by molar-refractivity contribution is -0.137. The minimum absolute atomic E-state index is 0. The van der Waals surface area contributed by atoms with E-state index in [9.17, 15) is 13.2 Å². The van der Waals surface area contributed by atoms with Crippen molar-refractivity contribution in [1.82, 2.24) is 0 Å². The molecule has 0 saturated carbocycles. The van der Waals surface area contributed by atoms with E-state index in [4.69, 9.17) is 10.1 Å². The average Bonchev–Trinajstić information content (AvgIpc) is 2.17.